The van der Waals surface area contributed by atoms with Crippen LogP contribution in [0.4, 0.5) is 0 Å². The third-order valence-corrected chi connectivity index (χ3v) is 5.79. The quantitative estimate of drug-likeness (QED) is 0.776. The third-order valence-electron chi connectivity index (χ3n) is 3.40. The van der Waals surface area contributed by atoms with Gasteiger partial charge in [-0.3, -0.25) is 0 Å². The Morgan fingerprint density at radius 3 is 2.59 bits per heavy atom. The average molecular weight is 273 g/mol. The van der Waals surface area contributed by atoms with E-state index in [1.165, 1.54) is 5.56 Å². The fourth-order valence-corrected chi connectivity index (χ4v) is 4.85. The molecule has 1 fully saturated rings. The van der Waals surface area contributed by atoms with Crippen LogP contribution in [0, 0.1) is 19.8 Å². The maximum Gasteiger partial charge on any atom is 0.150 e. The van der Waals surface area contributed by atoms with Gasteiger partial charge in [0.25, 0.3) is 0 Å². The molecule has 4 heteroatoms. The lowest BCUT2D eigenvalue weighted by molar-refractivity contribution is 0.567. The molecule has 17 heavy (non-hydrogen) atoms. The predicted octanol–water partition coefficient (Wildman–Crippen LogP) is 3.02. The van der Waals surface area contributed by atoms with Crippen LogP contribution in [0.25, 0.3) is 0 Å². The maximum absolute atomic E-state index is 11.5. The molecule has 1 aliphatic rings. The Morgan fingerprint density at radius 2 is 2.06 bits per heavy atom. The number of alkyl halides is 1. The maximum atomic E-state index is 11.5. The summed E-state index contributed by atoms with van der Waals surface area (Å²) in [4.78, 5) is 0. The minimum Gasteiger partial charge on any atom is -0.229 e. The van der Waals surface area contributed by atoms with Gasteiger partial charge in [-0.15, -0.1) is 11.6 Å². The molecule has 1 heterocycles. The summed E-state index contributed by atoms with van der Waals surface area (Å²) in [6.45, 7) is 4.07. The summed E-state index contributed by atoms with van der Waals surface area (Å²) >= 11 is 6.43. The zero-order valence-corrected chi connectivity index (χ0v) is 11.7. The van der Waals surface area contributed by atoms with Crippen LogP contribution in [0.15, 0.2) is 18.2 Å². The molecule has 0 aromatic heterocycles. The van der Waals surface area contributed by atoms with Crippen molar-refractivity contribution < 1.29 is 8.42 Å². The van der Waals surface area contributed by atoms with Crippen LogP contribution in [0.5, 0.6) is 0 Å². The number of sulfone groups is 1. The Hall–Kier alpha value is -0.540. The molecule has 2 atom stereocenters. The molecule has 1 aromatic rings. The number of aryl methyl sites for hydroxylation is 2. The molecule has 94 valence electrons. The second kappa shape index (κ2) is 4.62. The highest BCUT2D eigenvalue weighted by atomic mass is 35.5. The standard InChI is InChI=1S/C13H17ClO2S/c1-9-3-4-12(10(2)7-9)13(14)11-5-6-17(15,16)8-11/h3-4,7,11,13H,5-6,8H2,1-2H3. The first kappa shape index (κ1) is 12.9. The second-order valence-corrected chi connectivity index (χ2v) is 7.62. The van der Waals surface area contributed by atoms with E-state index in [9.17, 15) is 8.42 Å². The van der Waals surface area contributed by atoms with E-state index in [1.54, 1.807) is 0 Å². The fraction of sp³-hybridized carbons (Fsp3) is 0.538. The molecule has 0 bridgehead atoms. The van der Waals surface area contributed by atoms with Crippen molar-refractivity contribution in [1.82, 2.24) is 0 Å². The van der Waals surface area contributed by atoms with Gasteiger partial charge in [0.2, 0.25) is 0 Å². The molecule has 0 radical (unpaired) electrons. The first-order valence-electron chi connectivity index (χ1n) is 5.81. The SMILES string of the molecule is Cc1ccc(C(Cl)C2CCS(=O)(=O)C2)c(C)c1. The fourth-order valence-electron chi connectivity index (χ4n) is 2.44. The van der Waals surface area contributed by atoms with Gasteiger partial charge in [0.15, 0.2) is 9.84 Å². The van der Waals surface area contributed by atoms with Crippen molar-refractivity contribution in [3.05, 3.63) is 34.9 Å². The van der Waals surface area contributed by atoms with E-state index >= 15 is 0 Å². The number of hydrogen-bond acceptors (Lipinski definition) is 2. The van der Waals surface area contributed by atoms with Gasteiger partial charge in [0.1, 0.15) is 0 Å². The van der Waals surface area contributed by atoms with Crippen molar-refractivity contribution in [2.75, 3.05) is 11.5 Å². The monoisotopic (exact) mass is 272 g/mol. The zero-order chi connectivity index (χ0) is 12.6. The lowest BCUT2D eigenvalue weighted by Crippen LogP contribution is -2.11. The summed E-state index contributed by atoms with van der Waals surface area (Å²) in [6.07, 6.45) is 0.684. The Labute approximate surface area is 108 Å². The summed E-state index contributed by atoms with van der Waals surface area (Å²) in [5.74, 6) is 0.573. The minimum absolute atomic E-state index is 0.0584. The summed E-state index contributed by atoms with van der Waals surface area (Å²) in [5.41, 5.74) is 3.42. The topological polar surface area (TPSA) is 34.1 Å². The van der Waals surface area contributed by atoms with E-state index in [0.717, 1.165) is 11.1 Å². The summed E-state index contributed by atoms with van der Waals surface area (Å²) in [6, 6.07) is 6.14. The van der Waals surface area contributed by atoms with E-state index in [0.29, 0.717) is 6.42 Å². The normalized spacial score (nSPS) is 24.8. The Morgan fingerprint density at radius 1 is 1.35 bits per heavy atom. The summed E-state index contributed by atoms with van der Waals surface area (Å²) in [5, 5.41) is -0.187. The van der Waals surface area contributed by atoms with Crippen molar-refractivity contribution in [3.8, 4) is 0 Å². The molecule has 1 aliphatic heterocycles. The molecule has 0 spiro atoms. The molecule has 2 unspecified atom stereocenters. The van der Waals surface area contributed by atoms with Crippen LogP contribution >= 0.6 is 11.6 Å². The first-order chi connectivity index (χ1) is 7.89. The third kappa shape index (κ3) is 2.83. The van der Waals surface area contributed by atoms with Gasteiger partial charge in [-0.1, -0.05) is 23.8 Å². The molecule has 1 aromatic carbocycles. The van der Waals surface area contributed by atoms with Crippen LogP contribution in [-0.2, 0) is 9.84 Å². The lowest BCUT2D eigenvalue weighted by Gasteiger charge is -2.18. The van der Waals surface area contributed by atoms with E-state index in [-0.39, 0.29) is 22.8 Å². The molecular weight excluding hydrogens is 256 g/mol. The van der Waals surface area contributed by atoms with Gasteiger partial charge >= 0.3 is 0 Å². The molecular formula is C13H17ClO2S. The van der Waals surface area contributed by atoms with Gasteiger partial charge in [-0.25, -0.2) is 8.42 Å². The van der Waals surface area contributed by atoms with Crippen LogP contribution in [0.1, 0.15) is 28.5 Å². The van der Waals surface area contributed by atoms with Gasteiger partial charge in [-0.05, 0) is 37.3 Å². The van der Waals surface area contributed by atoms with Crippen molar-refractivity contribution in [2.24, 2.45) is 5.92 Å². The predicted molar refractivity (Wildman–Crippen MR) is 71.3 cm³/mol. The highest BCUT2D eigenvalue weighted by Crippen LogP contribution is 2.37. The lowest BCUT2D eigenvalue weighted by atomic mass is 9.94. The smallest absolute Gasteiger partial charge is 0.150 e. The summed E-state index contributed by atoms with van der Waals surface area (Å²) in [7, 11) is -2.85. The number of rotatable bonds is 2. The van der Waals surface area contributed by atoms with Crippen LogP contribution in [0.3, 0.4) is 0 Å². The van der Waals surface area contributed by atoms with Crippen molar-refractivity contribution in [3.63, 3.8) is 0 Å². The van der Waals surface area contributed by atoms with Gasteiger partial charge < -0.3 is 0 Å². The number of benzene rings is 1. The zero-order valence-electron chi connectivity index (χ0n) is 10.1. The Bertz CT molecular complexity index is 522. The second-order valence-electron chi connectivity index (χ2n) is 4.92. The molecule has 1 saturated heterocycles. The van der Waals surface area contributed by atoms with E-state index in [2.05, 4.69) is 6.07 Å². The molecule has 0 aliphatic carbocycles. The van der Waals surface area contributed by atoms with Crippen molar-refractivity contribution in [1.29, 1.82) is 0 Å². The molecule has 2 rings (SSSR count). The highest BCUT2D eigenvalue weighted by Gasteiger charge is 2.33. The highest BCUT2D eigenvalue weighted by molar-refractivity contribution is 7.91. The van der Waals surface area contributed by atoms with E-state index in [1.807, 2.05) is 26.0 Å². The van der Waals surface area contributed by atoms with Crippen molar-refractivity contribution in [2.45, 2.75) is 25.6 Å². The number of hydrogen-bond donors (Lipinski definition) is 0. The first-order valence-corrected chi connectivity index (χ1v) is 8.06. The molecule has 2 nitrogen and oxygen atoms in total. The van der Waals surface area contributed by atoms with E-state index < -0.39 is 9.84 Å². The Balaban J connectivity index is 2.23. The van der Waals surface area contributed by atoms with Crippen LogP contribution < -0.4 is 0 Å². The molecule has 0 saturated carbocycles. The van der Waals surface area contributed by atoms with Gasteiger partial charge in [-0.2, -0.15) is 0 Å². The van der Waals surface area contributed by atoms with Crippen molar-refractivity contribution >= 4 is 21.4 Å². The van der Waals surface area contributed by atoms with Gasteiger partial charge in [0.05, 0.1) is 16.9 Å². The number of halogens is 1. The average Bonchev–Trinajstić information content (AvgIpc) is 2.58. The summed E-state index contributed by atoms with van der Waals surface area (Å²) < 4.78 is 22.9. The van der Waals surface area contributed by atoms with E-state index in [4.69, 9.17) is 11.6 Å². The Kier molecular flexibility index (Phi) is 3.50. The van der Waals surface area contributed by atoms with Crippen LogP contribution in [-0.4, -0.2) is 19.9 Å². The minimum atomic E-state index is -2.85. The molecule has 0 N–H and O–H groups in total. The largest absolute Gasteiger partial charge is 0.229 e. The molecule has 0 amide bonds. The van der Waals surface area contributed by atoms with Crippen LogP contribution in [0.2, 0.25) is 0 Å². The van der Waals surface area contributed by atoms with Gasteiger partial charge in [0, 0.05) is 0 Å².